The van der Waals surface area contributed by atoms with Gasteiger partial charge in [0.25, 0.3) is 5.91 Å². The largest absolute Gasteiger partial charge is 0.433 e. The van der Waals surface area contributed by atoms with E-state index in [1.807, 2.05) is 38.1 Å². The van der Waals surface area contributed by atoms with Crippen molar-refractivity contribution in [1.29, 1.82) is 0 Å². The van der Waals surface area contributed by atoms with Gasteiger partial charge in [-0.3, -0.25) is 24.6 Å². The van der Waals surface area contributed by atoms with Crippen molar-refractivity contribution < 1.29 is 18.9 Å². The minimum Gasteiger partial charge on any atom is -0.403 e. The fourth-order valence-corrected chi connectivity index (χ4v) is 4.79. The Kier molecular flexibility index (Phi) is 5.08. The van der Waals surface area contributed by atoms with Crippen molar-refractivity contribution in [2.45, 2.75) is 32.7 Å². The zero-order valence-corrected chi connectivity index (χ0v) is 18.8. The summed E-state index contributed by atoms with van der Waals surface area (Å²) in [6.07, 6.45) is 0.867. The van der Waals surface area contributed by atoms with Gasteiger partial charge in [0.2, 0.25) is 0 Å². The Hall–Kier alpha value is -4.20. The van der Waals surface area contributed by atoms with E-state index in [1.165, 1.54) is 17.0 Å². The summed E-state index contributed by atoms with van der Waals surface area (Å²) in [5, 5.41) is 14.8. The summed E-state index contributed by atoms with van der Waals surface area (Å²) in [5.41, 5.74) is 2.46. The Morgan fingerprint density at radius 2 is 1.76 bits per heavy atom. The van der Waals surface area contributed by atoms with Gasteiger partial charge in [0.1, 0.15) is 16.7 Å². The number of nitro groups is 1. The molecule has 1 atom stereocenters. The predicted molar refractivity (Wildman–Crippen MR) is 126 cm³/mol. The fraction of sp³-hybridized carbons (Fsp3) is 0.231. The number of nitrogens with zero attached hydrogens (tertiary/aromatic N) is 2. The highest BCUT2D eigenvalue weighted by molar-refractivity contribution is 6.11. The van der Waals surface area contributed by atoms with E-state index in [2.05, 4.69) is 5.32 Å². The van der Waals surface area contributed by atoms with Crippen LogP contribution >= 0.6 is 0 Å². The molecule has 8 nitrogen and oxygen atoms in total. The molecule has 2 heterocycles. The molecule has 8 heteroatoms. The summed E-state index contributed by atoms with van der Waals surface area (Å²) in [5.74, 6) is -0.750. The lowest BCUT2D eigenvalue weighted by Crippen LogP contribution is -2.39. The van der Waals surface area contributed by atoms with Crippen LogP contribution in [-0.4, -0.2) is 16.6 Å². The van der Waals surface area contributed by atoms with Crippen LogP contribution in [0.4, 0.5) is 17.3 Å². The van der Waals surface area contributed by atoms with E-state index < -0.39 is 16.8 Å². The molecule has 2 aliphatic rings. The second-order valence-corrected chi connectivity index (χ2v) is 9.35. The summed E-state index contributed by atoms with van der Waals surface area (Å²) in [6, 6.07) is 17.8. The molecule has 0 saturated carbocycles. The smallest absolute Gasteiger partial charge is 0.403 e. The monoisotopic (exact) mass is 457 g/mol. The van der Waals surface area contributed by atoms with Crippen LogP contribution in [0.15, 0.2) is 82.4 Å². The van der Waals surface area contributed by atoms with Crippen molar-refractivity contribution in [3.8, 4) is 0 Å². The molecule has 1 unspecified atom stereocenters. The van der Waals surface area contributed by atoms with Crippen LogP contribution in [0.2, 0.25) is 0 Å². The number of hydrogen-bond donors (Lipinski definition) is 1. The van der Waals surface area contributed by atoms with Gasteiger partial charge >= 0.3 is 5.88 Å². The minimum absolute atomic E-state index is 0.124. The molecule has 3 aromatic rings. The van der Waals surface area contributed by atoms with E-state index in [0.29, 0.717) is 34.6 Å². The average molecular weight is 457 g/mol. The van der Waals surface area contributed by atoms with Gasteiger partial charge in [-0.05, 0) is 42.2 Å². The molecule has 2 aromatic carbocycles. The number of ketones is 1. The Balaban J connectivity index is 1.79. The number of allylic oxidation sites excluding steroid dienone is 1. The van der Waals surface area contributed by atoms with E-state index in [0.717, 1.165) is 0 Å². The zero-order valence-electron chi connectivity index (χ0n) is 18.8. The number of rotatable bonds is 3. The average Bonchev–Trinajstić information content (AvgIpc) is 3.23. The summed E-state index contributed by atoms with van der Waals surface area (Å²) in [6.45, 7) is 4.04. The lowest BCUT2D eigenvalue weighted by molar-refractivity contribution is -0.402. The molecule has 1 N–H and O–H groups in total. The number of carbonyl (C=O) groups excluding carboxylic acids is 2. The van der Waals surface area contributed by atoms with Gasteiger partial charge in [0, 0.05) is 23.3 Å². The highest BCUT2D eigenvalue weighted by atomic mass is 16.6. The van der Waals surface area contributed by atoms with Crippen molar-refractivity contribution in [2.24, 2.45) is 5.41 Å². The SMILES string of the molecule is CC1(C)CC(=O)C2=C(C1)Nc1ccccc1N(C(=O)c1ccccc1)C2c1ccc([N+](=O)[O-])o1. The Morgan fingerprint density at radius 1 is 1.06 bits per heavy atom. The molecular formula is C26H23N3O5. The minimum atomic E-state index is -0.962. The third kappa shape index (κ3) is 3.67. The molecule has 1 aliphatic carbocycles. The van der Waals surface area contributed by atoms with Gasteiger partial charge in [-0.25, -0.2) is 0 Å². The van der Waals surface area contributed by atoms with Crippen LogP contribution in [0, 0.1) is 15.5 Å². The summed E-state index contributed by atoms with van der Waals surface area (Å²) in [4.78, 5) is 39.8. The summed E-state index contributed by atoms with van der Waals surface area (Å²) in [7, 11) is 0. The second kappa shape index (κ2) is 7.98. The number of benzene rings is 2. The standard InChI is InChI=1S/C26H23N3O5/c1-26(2)14-18-23(20(30)15-26)24(21-12-13-22(34-21)29(32)33)28(19-11-7-6-10-17(19)27-18)25(31)16-8-4-3-5-9-16/h3-13,24,27H,14-15H2,1-2H3. The Morgan fingerprint density at radius 3 is 2.47 bits per heavy atom. The molecule has 172 valence electrons. The van der Waals surface area contributed by atoms with Crippen molar-refractivity contribution in [3.05, 3.63) is 99.4 Å². The molecule has 34 heavy (non-hydrogen) atoms. The number of furan rings is 1. The van der Waals surface area contributed by atoms with Gasteiger partial charge in [0.05, 0.1) is 17.4 Å². The highest BCUT2D eigenvalue weighted by Gasteiger charge is 2.45. The molecule has 1 amide bonds. The van der Waals surface area contributed by atoms with Crippen LogP contribution in [0.5, 0.6) is 0 Å². The lowest BCUT2D eigenvalue weighted by Gasteiger charge is -2.36. The van der Waals surface area contributed by atoms with Crippen LogP contribution in [0.1, 0.15) is 48.8 Å². The van der Waals surface area contributed by atoms with Crippen LogP contribution in [0.25, 0.3) is 0 Å². The third-order valence-corrected chi connectivity index (χ3v) is 6.20. The van der Waals surface area contributed by atoms with Gasteiger partial charge < -0.3 is 9.73 Å². The zero-order chi connectivity index (χ0) is 24.0. The summed E-state index contributed by atoms with van der Waals surface area (Å²) >= 11 is 0. The van der Waals surface area contributed by atoms with Crippen molar-refractivity contribution >= 4 is 28.9 Å². The number of hydrogen-bond acceptors (Lipinski definition) is 6. The number of amides is 1. The maximum Gasteiger partial charge on any atom is 0.433 e. The number of fused-ring (bicyclic) bond motifs is 1. The third-order valence-electron chi connectivity index (χ3n) is 6.20. The number of carbonyl (C=O) groups is 2. The maximum absolute atomic E-state index is 13.9. The van der Waals surface area contributed by atoms with Crippen LogP contribution < -0.4 is 10.2 Å². The van der Waals surface area contributed by atoms with Crippen LogP contribution in [-0.2, 0) is 4.79 Å². The first kappa shape index (κ1) is 21.6. The second-order valence-electron chi connectivity index (χ2n) is 9.35. The van der Waals surface area contributed by atoms with E-state index >= 15 is 0 Å². The topological polar surface area (TPSA) is 106 Å². The number of Topliss-reactive ketones (excluding diaryl/α,β-unsaturated/α-hetero) is 1. The van der Waals surface area contributed by atoms with E-state index in [9.17, 15) is 19.7 Å². The molecule has 0 saturated heterocycles. The van der Waals surface area contributed by atoms with Crippen molar-refractivity contribution in [1.82, 2.24) is 0 Å². The lowest BCUT2D eigenvalue weighted by atomic mass is 9.74. The van der Waals surface area contributed by atoms with Gasteiger partial charge in [0.15, 0.2) is 5.78 Å². The first-order chi connectivity index (χ1) is 16.2. The molecule has 5 rings (SSSR count). The first-order valence-electron chi connectivity index (χ1n) is 11.0. The summed E-state index contributed by atoms with van der Waals surface area (Å²) < 4.78 is 5.61. The molecule has 1 aliphatic heterocycles. The van der Waals surface area contributed by atoms with Gasteiger partial charge in [-0.15, -0.1) is 0 Å². The first-order valence-corrected chi connectivity index (χ1v) is 11.0. The fourth-order valence-electron chi connectivity index (χ4n) is 4.79. The molecular weight excluding hydrogens is 434 g/mol. The van der Waals surface area contributed by atoms with Crippen molar-refractivity contribution in [3.63, 3.8) is 0 Å². The quantitative estimate of drug-likeness (QED) is 0.403. The molecule has 0 fully saturated rings. The van der Waals surface area contributed by atoms with E-state index in [1.54, 1.807) is 30.3 Å². The number of nitrogens with one attached hydrogen (secondary N) is 1. The Bertz CT molecular complexity index is 1340. The van der Waals surface area contributed by atoms with Gasteiger partial charge in [-0.2, -0.15) is 0 Å². The molecule has 0 radical (unpaired) electrons. The predicted octanol–water partition coefficient (Wildman–Crippen LogP) is 5.64. The van der Waals surface area contributed by atoms with E-state index in [-0.39, 0.29) is 29.3 Å². The normalized spacial score (nSPS) is 19.1. The van der Waals surface area contributed by atoms with E-state index in [4.69, 9.17) is 4.42 Å². The number of anilines is 2. The number of para-hydroxylation sites is 2. The Labute approximate surface area is 196 Å². The molecule has 0 spiro atoms. The van der Waals surface area contributed by atoms with Gasteiger partial charge in [-0.1, -0.05) is 44.2 Å². The highest BCUT2D eigenvalue weighted by Crippen LogP contribution is 2.49. The van der Waals surface area contributed by atoms with Crippen LogP contribution in [0.3, 0.4) is 0 Å². The molecule has 1 aromatic heterocycles. The van der Waals surface area contributed by atoms with Crippen molar-refractivity contribution in [2.75, 3.05) is 10.2 Å². The molecule has 0 bridgehead atoms. The maximum atomic E-state index is 13.9.